The highest BCUT2D eigenvalue weighted by Crippen LogP contribution is 2.25. The molecule has 0 aliphatic heterocycles. The molecule has 2 atom stereocenters. The topological polar surface area (TPSA) is 79.0 Å². The zero-order valence-corrected chi connectivity index (χ0v) is 12.3. The van der Waals surface area contributed by atoms with Crippen molar-refractivity contribution in [1.82, 2.24) is 5.32 Å². The number of rotatable bonds is 4. The smallest absolute Gasteiger partial charge is 0.272 e. The molecule has 1 aliphatic carbocycles. The first-order valence-electron chi connectivity index (χ1n) is 7.49. The van der Waals surface area contributed by atoms with Crippen LogP contribution in [-0.2, 0) is 6.54 Å². The molecule has 1 aromatic rings. The number of nitrogens with zero attached hydrogens (tertiary/aromatic N) is 2. The number of nitro groups is 1. The van der Waals surface area contributed by atoms with E-state index in [9.17, 15) is 15.4 Å². The first kappa shape index (κ1) is 15.5. The maximum atomic E-state index is 11.0. The molecule has 21 heavy (non-hydrogen) atoms. The van der Waals surface area contributed by atoms with Gasteiger partial charge in [0.25, 0.3) is 5.69 Å². The summed E-state index contributed by atoms with van der Waals surface area (Å²) < 4.78 is 0. The van der Waals surface area contributed by atoms with Crippen molar-refractivity contribution in [3.05, 3.63) is 39.4 Å². The molecule has 1 N–H and O–H groups in total. The summed E-state index contributed by atoms with van der Waals surface area (Å²) in [7, 11) is 0. The number of hydrogen-bond acceptors (Lipinski definition) is 4. The summed E-state index contributed by atoms with van der Waals surface area (Å²) in [6, 6.07) is 7.75. The van der Waals surface area contributed by atoms with Gasteiger partial charge in [0.05, 0.1) is 16.9 Å². The molecule has 0 bridgehead atoms. The molecule has 0 saturated heterocycles. The van der Waals surface area contributed by atoms with Gasteiger partial charge in [-0.1, -0.05) is 31.4 Å². The molecule has 2 unspecified atom stereocenters. The maximum Gasteiger partial charge on any atom is 0.272 e. The Morgan fingerprint density at radius 1 is 1.38 bits per heavy atom. The molecular formula is C16H21N3O2. The van der Waals surface area contributed by atoms with Crippen LogP contribution in [0.2, 0.25) is 0 Å². The van der Waals surface area contributed by atoms with Crippen molar-refractivity contribution in [2.45, 2.75) is 51.6 Å². The second-order valence-electron chi connectivity index (χ2n) is 5.68. The van der Waals surface area contributed by atoms with Gasteiger partial charge in [0.1, 0.15) is 0 Å². The number of hydrogen-bond donors (Lipinski definition) is 1. The normalized spacial score (nSPS) is 22.3. The van der Waals surface area contributed by atoms with Gasteiger partial charge in [0, 0.05) is 24.2 Å². The number of nitro benzene ring substituents is 1. The molecule has 1 aromatic carbocycles. The second-order valence-corrected chi connectivity index (χ2v) is 5.68. The van der Waals surface area contributed by atoms with E-state index in [1.54, 1.807) is 13.0 Å². The van der Waals surface area contributed by atoms with E-state index in [0.717, 1.165) is 31.2 Å². The maximum absolute atomic E-state index is 11.0. The van der Waals surface area contributed by atoms with Crippen LogP contribution < -0.4 is 5.32 Å². The highest BCUT2D eigenvalue weighted by Gasteiger charge is 2.23. The molecule has 0 spiro atoms. The summed E-state index contributed by atoms with van der Waals surface area (Å²) in [6.45, 7) is 2.36. The molecule has 1 fully saturated rings. The Labute approximate surface area is 125 Å². The van der Waals surface area contributed by atoms with E-state index in [-0.39, 0.29) is 22.6 Å². The summed E-state index contributed by atoms with van der Waals surface area (Å²) in [5.41, 5.74) is 1.80. The Morgan fingerprint density at radius 3 is 2.86 bits per heavy atom. The summed E-state index contributed by atoms with van der Waals surface area (Å²) in [5.74, 6) is 0.0477. The van der Waals surface area contributed by atoms with Gasteiger partial charge in [-0.3, -0.25) is 10.1 Å². The molecule has 0 heterocycles. The Balaban J connectivity index is 2.07. The lowest BCUT2D eigenvalue weighted by atomic mass is 9.96. The van der Waals surface area contributed by atoms with Crippen molar-refractivity contribution in [2.24, 2.45) is 5.92 Å². The van der Waals surface area contributed by atoms with Crippen LogP contribution in [0.25, 0.3) is 0 Å². The number of nitrogens with one attached hydrogen (secondary N) is 1. The van der Waals surface area contributed by atoms with Gasteiger partial charge in [0.15, 0.2) is 0 Å². The largest absolute Gasteiger partial charge is 0.309 e. The first-order valence-corrected chi connectivity index (χ1v) is 7.49. The lowest BCUT2D eigenvalue weighted by Crippen LogP contribution is -2.34. The molecule has 0 radical (unpaired) electrons. The van der Waals surface area contributed by atoms with Crippen LogP contribution in [0.5, 0.6) is 0 Å². The molecule has 112 valence electrons. The Bertz CT molecular complexity index is 551. The fraction of sp³-hybridized carbons (Fsp3) is 0.562. The highest BCUT2D eigenvalue weighted by molar-refractivity contribution is 5.44. The molecule has 5 heteroatoms. The van der Waals surface area contributed by atoms with Gasteiger partial charge in [0.2, 0.25) is 0 Å². The summed E-state index contributed by atoms with van der Waals surface area (Å²) >= 11 is 0. The van der Waals surface area contributed by atoms with E-state index in [0.29, 0.717) is 12.1 Å². The van der Waals surface area contributed by atoms with E-state index in [2.05, 4.69) is 11.4 Å². The second kappa shape index (κ2) is 7.19. The zero-order valence-electron chi connectivity index (χ0n) is 12.3. The molecule has 1 aliphatic rings. The van der Waals surface area contributed by atoms with Crippen molar-refractivity contribution >= 4 is 5.69 Å². The molecule has 1 saturated carbocycles. The standard InChI is InChI=1S/C16H21N3O2/c1-12-14(7-5-9-16(12)19(20)21)11-18-15-8-4-2-3-6-13(15)10-17/h5,7,9,13,15,18H,2-4,6,8,11H2,1H3. The minimum Gasteiger partial charge on any atom is -0.309 e. The third-order valence-electron chi connectivity index (χ3n) is 4.35. The van der Waals surface area contributed by atoms with Gasteiger partial charge >= 0.3 is 0 Å². The van der Waals surface area contributed by atoms with Crippen LogP contribution >= 0.6 is 0 Å². The van der Waals surface area contributed by atoms with E-state index in [1.807, 2.05) is 6.07 Å². The Hall–Kier alpha value is -1.93. The fourth-order valence-electron chi connectivity index (χ4n) is 3.01. The van der Waals surface area contributed by atoms with Gasteiger partial charge < -0.3 is 5.32 Å². The van der Waals surface area contributed by atoms with Gasteiger partial charge in [-0.15, -0.1) is 0 Å². The number of benzene rings is 1. The third kappa shape index (κ3) is 3.79. The Kier molecular flexibility index (Phi) is 5.29. The van der Waals surface area contributed by atoms with Gasteiger partial charge in [-0.05, 0) is 25.3 Å². The van der Waals surface area contributed by atoms with Crippen molar-refractivity contribution in [1.29, 1.82) is 5.26 Å². The SMILES string of the molecule is Cc1c(CNC2CCCCCC2C#N)cccc1[N+](=O)[O-]. The van der Waals surface area contributed by atoms with Gasteiger partial charge in [-0.25, -0.2) is 0 Å². The molecule has 0 aromatic heterocycles. The van der Waals surface area contributed by atoms with Crippen molar-refractivity contribution < 1.29 is 4.92 Å². The van der Waals surface area contributed by atoms with E-state index < -0.39 is 0 Å². The fourth-order valence-corrected chi connectivity index (χ4v) is 3.01. The van der Waals surface area contributed by atoms with Crippen molar-refractivity contribution in [3.63, 3.8) is 0 Å². The van der Waals surface area contributed by atoms with Gasteiger partial charge in [-0.2, -0.15) is 5.26 Å². The van der Waals surface area contributed by atoms with Crippen LogP contribution in [0.4, 0.5) is 5.69 Å². The predicted octanol–water partition coefficient (Wildman–Crippen LogP) is 3.47. The van der Waals surface area contributed by atoms with E-state index in [1.165, 1.54) is 12.5 Å². The molecular weight excluding hydrogens is 266 g/mol. The van der Waals surface area contributed by atoms with E-state index >= 15 is 0 Å². The molecule has 5 nitrogen and oxygen atoms in total. The minimum absolute atomic E-state index is 0.0477. The van der Waals surface area contributed by atoms with Crippen LogP contribution in [0, 0.1) is 34.3 Å². The quantitative estimate of drug-likeness (QED) is 0.522. The van der Waals surface area contributed by atoms with Crippen LogP contribution in [0.15, 0.2) is 18.2 Å². The summed E-state index contributed by atoms with van der Waals surface area (Å²) in [5, 5.41) is 23.7. The predicted molar refractivity (Wildman–Crippen MR) is 80.6 cm³/mol. The summed E-state index contributed by atoms with van der Waals surface area (Å²) in [6.07, 6.45) is 5.40. The lowest BCUT2D eigenvalue weighted by Gasteiger charge is -2.21. The van der Waals surface area contributed by atoms with E-state index in [4.69, 9.17) is 0 Å². The Morgan fingerprint density at radius 2 is 2.14 bits per heavy atom. The zero-order chi connectivity index (χ0) is 15.2. The highest BCUT2D eigenvalue weighted by atomic mass is 16.6. The average molecular weight is 287 g/mol. The minimum atomic E-state index is -0.345. The van der Waals surface area contributed by atoms with Crippen molar-refractivity contribution in [3.8, 4) is 6.07 Å². The third-order valence-corrected chi connectivity index (χ3v) is 4.35. The molecule has 2 rings (SSSR count). The van der Waals surface area contributed by atoms with Crippen LogP contribution in [0.3, 0.4) is 0 Å². The number of nitriles is 1. The van der Waals surface area contributed by atoms with Crippen LogP contribution in [0.1, 0.15) is 43.2 Å². The van der Waals surface area contributed by atoms with Crippen LogP contribution in [-0.4, -0.2) is 11.0 Å². The summed E-state index contributed by atoms with van der Waals surface area (Å²) in [4.78, 5) is 10.6. The first-order chi connectivity index (χ1) is 10.1. The van der Waals surface area contributed by atoms with Crippen molar-refractivity contribution in [2.75, 3.05) is 0 Å². The molecule has 0 amide bonds. The monoisotopic (exact) mass is 287 g/mol. The average Bonchev–Trinajstić information content (AvgIpc) is 2.70. The lowest BCUT2D eigenvalue weighted by molar-refractivity contribution is -0.385.